The van der Waals surface area contributed by atoms with Crippen molar-refractivity contribution in [3.63, 3.8) is 0 Å². The molecule has 2 heteroatoms. The third-order valence-corrected chi connectivity index (χ3v) is 2.49. The summed E-state index contributed by atoms with van der Waals surface area (Å²) >= 11 is 3.38. The van der Waals surface area contributed by atoms with Gasteiger partial charge in [0.1, 0.15) is 5.78 Å². The van der Waals surface area contributed by atoms with Crippen molar-refractivity contribution in [2.24, 2.45) is 0 Å². The molecular formula is C13H13BrO. The smallest absolute Gasteiger partial charge is 0.138 e. The highest BCUT2D eigenvalue weighted by atomic mass is 79.9. The number of halogens is 1. The fraction of sp³-hybridized carbons (Fsp3) is 0.308. The molecule has 15 heavy (non-hydrogen) atoms. The zero-order chi connectivity index (χ0) is 11.1. The Kier molecular flexibility index (Phi) is 5.14. The van der Waals surface area contributed by atoms with Gasteiger partial charge in [-0.15, -0.1) is 11.8 Å². The maximum absolute atomic E-state index is 11.5. The summed E-state index contributed by atoms with van der Waals surface area (Å²) in [7, 11) is 0. The van der Waals surface area contributed by atoms with E-state index in [1.165, 1.54) is 0 Å². The van der Waals surface area contributed by atoms with Gasteiger partial charge in [-0.05, 0) is 24.6 Å². The minimum Gasteiger partial charge on any atom is -0.299 e. The standard InChI is InChI=1S/C13H13BrO/c1-2-3-4-8-13(15)10-11-6-5-7-12(14)9-11/h5-7,9H,4,8,10H2,1H3. The Morgan fingerprint density at radius 3 is 2.93 bits per heavy atom. The van der Waals surface area contributed by atoms with Crippen molar-refractivity contribution in [1.29, 1.82) is 0 Å². The highest BCUT2D eigenvalue weighted by molar-refractivity contribution is 9.10. The molecule has 0 heterocycles. The van der Waals surface area contributed by atoms with Crippen LogP contribution in [0.25, 0.3) is 0 Å². The molecule has 0 spiro atoms. The largest absolute Gasteiger partial charge is 0.299 e. The molecule has 0 radical (unpaired) electrons. The highest BCUT2D eigenvalue weighted by Gasteiger charge is 2.02. The van der Waals surface area contributed by atoms with Crippen molar-refractivity contribution in [2.45, 2.75) is 26.2 Å². The van der Waals surface area contributed by atoms with E-state index in [1.54, 1.807) is 6.92 Å². The molecular weight excluding hydrogens is 252 g/mol. The number of ketones is 1. The Morgan fingerprint density at radius 2 is 2.27 bits per heavy atom. The van der Waals surface area contributed by atoms with Crippen LogP contribution in [0.2, 0.25) is 0 Å². The second-order valence-corrected chi connectivity index (χ2v) is 4.19. The molecule has 0 fully saturated rings. The average Bonchev–Trinajstić information content (AvgIpc) is 2.18. The van der Waals surface area contributed by atoms with Gasteiger partial charge in [-0.2, -0.15) is 0 Å². The summed E-state index contributed by atoms with van der Waals surface area (Å²) in [5.41, 5.74) is 1.05. The SMILES string of the molecule is CC#CCCC(=O)Cc1cccc(Br)c1. The number of hydrogen-bond donors (Lipinski definition) is 0. The van der Waals surface area contributed by atoms with Gasteiger partial charge < -0.3 is 0 Å². The van der Waals surface area contributed by atoms with E-state index in [2.05, 4.69) is 27.8 Å². The van der Waals surface area contributed by atoms with Crippen LogP contribution in [-0.4, -0.2) is 5.78 Å². The third kappa shape index (κ3) is 4.80. The molecule has 0 aliphatic rings. The number of Topliss-reactive ketones (excluding diaryl/α,β-unsaturated/α-hetero) is 1. The topological polar surface area (TPSA) is 17.1 Å². The van der Waals surface area contributed by atoms with E-state index in [4.69, 9.17) is 0 Å². The van der Waals surface area contributed by atoms with Gasteiger partial charge in [0.05, 0.1) is 0 Å². The molecule has 0 amide bonds. The van der Waals surface area contributed by atoms with Gasteiger partial charge >= 0.3 is 0 Å². The molecule has 0 saturated heterocycles. The summed E-state index contributed by atoms with van der Waals surface area (Å²) in [4.78, 5) is 11.5. The van der Waals surface area contributed by atoms with E-state index < -0.39 is 0 Å². The highest BCUT2D eigenvalue weighted by Crippen LogP contribution is 2.12. The van der Waals surface area contributed by atoms with E-state index >= 15 is 0 Å². The number of carbonyl (C=O) groups is 1. The molecule has 0 N–H and O–H groups in total. The zero-order valence-electron chi connectivity index (χ0n) is 8.72. The van der Waals surface area contributed by atoms with Gasteiger partial charge in [-0.25, -0.2) is 0 Å². The quantitative estimate of drug-likeness (QED) is 0.763. The van der Waals surface area contributed by atoms with Crippen LogP contribution in [0.5, 0.6) is 0 Å². The van der Waals surface area contributed by atoms with Crippen LogP contribution in [0.3, 0.4) is 0 Å². The Morgan fingerprint density at radius 1 is 1.47 bits per heavy atom. The van der Waals surface area contributed by atoms with E-state index in [0.717, 1.165) is 10.0 Å². The fourth-order valence-corrected chi connectivity index (χ4v) is 1.74. The lowest BCUT2D eigenvalue weighted by Crippen LogP contribution is -2.01. The van der Waals surface area contributed by atoms with Gasteiger partial charge in [-0.3, -0.25) is 4.79 Å². The van der Waals surface area contributed by atoms with Crippen LogP contribution < -0.4 is 0 Å². The summed E-state index contributed by atoms with van der Waals surface area (Å²) in [6, 6.07) is 7.84. The van der Waals surface area contributed by atoms with Gasteiger partial charge in [0.15, 0.2) is 0 Å². The number of rotatable bonds is 4. The first-order valence-corrected chi connectivity index (χ1v) is 5.67. The maximum Gasteiger partial charge on any atom is 0.138 e. The lowest BCUT2D eigenvalue weighted by atomic mass is 10.1. The molecule has 1 rings (SSSR count). The minimum absolute atomic E-state index is 0.246. The second kappa shape index (κ2) is 6.42. The lowest BCUT2D eigenvalue weighted by Gasteiger charge is -1.99. The second-order valence-electron chi connectivity index (χ2n) is 3.27. The zero-order valence-corrected chi connectivity index (χ0v) is 10.3. The molecule has 0 saturated carbocycles. The molecule has 1 aromatic rings. The monoisotopic (exact) mass is 264 g/mol. The minimum atomic E-state index is 0.246. The van der Waals surface area contributed by atoms with Crippen molar-refractivity contribution in [3.8, 4) is 11.8 Å². The maximum atomic E-state index is 11.5. The first-order chi connectivity index (χ1) is 7.22. The van der Waals surface area contributed by atoms with Crippen LogP contribution in [0.1, 0.15) is 25.3 Å². The van der Waals surface area contributed by atoms with Crippen LogP contribution >= 0.6 is 15.9 Å². The van der Waals surface area contributed by atoms with Crippen LogP contribution in [0.15, 0.2) is 28.7 Å². The van der Waals surface area contributed by atoms with Gasteiger partial charge in [0.2, 0.25) is 0 Å². The van der Waals surface area contributed by atoms with Crippen molar-refractivity contribution in [1.82, 2.24) is 0 Å². The summed E-state index contributed by atoms with van der Waals surface area (Å²) in [5.74, 6) is 5.93. The molecule has 0 unspecified atom stereocenters. The van der Waals surface area contributed by atoms with Crippen LogP contribution in [-0.2, 0) is 11.2 Å². The molecule has 1 aromatic carbocycles. The lowest BCUT2D eigenvalue weighted by molar-refractivity contribution is -0.118. The van der Waals surface area contributed by atoms with E-state index in [0.29, 0.717) is 19.3 Å². The Bertz CT molecular complexity index is 398. The molecule has 0 aromatic heterocycles. The molecule has 0 atom stereocenters. The number of benzene rings is 1. The molecule has 78 valence electrons. The van der Waals surface area contributed by atoms with E-state index in [1.807, 2.05) is 24.3 Å². The Labute approximate surface area is 99.0 Å². The molecule has 0 aliphatic heterocycles. The van der Waals surface area contributed by atoms with Gasteiger partial charge in [0.25, 0.3) is 0 Å². The van der Waals surface area contributed by atoms with Crippen molar-refractivity contribution in [3.05, 3.63) is 34.3 Å². The summed E-state index contributed by atoms with van der Waals surface area (Å²) in [6.07, 6.45) is 1.72. The summed E-state index contributed by atoms with van der Waals surface area (Å²) < 4.78 is 1.01. The van der Waals surface area contributed by atoms with Crippen molar-refractivity contribution >= 4 is 21.7 Å². The van der Waals surface area contributed by atoms with Crippen molar-refractivity contribution < 1.29 is 4.79 Å². The Balaban J connectivity index is 2.46. The van der Waals surface area contributed by atoms with Crippen LogP contribution in [0, 0.1) is 11.8 Å². The molecule has 1 nitrogen and oxygen atoms in total. The molecule has 0 bridgehead atoms. The van der Waals surface area contributed by atoms with Gasteiger partial charge in [0, 0.05) is 23.7 Å². The number of carbonyl (C=O) groups excluding carboxylic acids is 1. The van der Waals surface area contributed by atoms with E-state index in [-0.39, 0.29) is 5.78 Å². The number of hydrogen-bond acceptors (Lipinski definition) is 1. The summed E-state index contributed by atoms with van der Waals surface area (Å²) in [6.45, 7) is 1.79. The predicted molar refractivity (Wildman–Crippen MR) is 65.5 cm³/mol. The third-order valence-electron chi connectivity index (χ3n) is 2.00. The van der Waals surface area contributed by atoms with Crippen LogP contribution in [0.4, 0.5) is 0 Å². The summed E-state index contributed by atoms with van der Waals surface area (Å²) in [5, 5.41) is 0. The van der Waals surface area contributed by atoms with E-state index in [9.17, 15) is 4.79 Å². The average molecular weight is 265 g/mol. The Hall–Kier alpha value is -1.07. The molecule has 0 aliphatic carbocycles. The fourth-order valence-electron chi connectivity index (χ4n) is 1.29. The first kappa shape index (κ1) is 12.0. The normalized spacial score (nSPS) is 9.20. The van der Waals surface area contributed by atoms with Crippen molar-refractivity contribution in [2.75, 3.05) is 0 Å². The predicted octanol–water partition coefficient (Wildman–Crippen LogP) is 3.36. The van der Waals surface area contributed by atoms with Gasteiger partial charge in [-0.1, -0.05) is 28.1 Å². The first-order valence-electron chi connectivity index (χ1n) is 4.88.